The predicted octanol–water partition coefficient (Wildman–Crippen LogP) is 4.35. The zero-order chi connectivity index (χ0) is 10.1. The van der Waals surface area contributed by atoms with Crippen LogP contribution in [0.5, 0.6) is 0 Å². The number of alkyl halides is 1. The summed E-state index contributed by atoms with van der Waals surface area (Å²) in [4.78, 5) is 0. The fourth-order valence-electron chi connectivity index (χ4n) is 2.09. The first-order valence-corrected chi connectivity index (χ1v) is 5.58. The highest BCUT2D eigenvalue weighted by Gasteiger charge is 2.27. The van der Waals surface area contributed by atoms with Crippen LogP contribution in [0.4, 0.5) is 4.39 Å². The van der Waals surface area contributed by atoms with E-state index in [4.69, 9.17) is 23.2 Å². The molecule has 0 aliphatic heterocycles. The Morgan fingerprint density at radius 1 is 1.29 bits per heavy atom. The van der Waals surface area contributed by atoms with Crippen molar-refractivity contribution in [2.24, 2.45) is 0 Å². The molecule has 2 rings (SSSR count). The molecule has 14 heavy (non-hydrogen) atoms. The predicted molar refractivity (Wildman–Crippen MR) is 57.6 cm³/mol. The van der Waals surface area contributed by atoms with Crippen LogP contribution in [0.25, 0.3) is 0 Å². The molecule has 1 aromatic rings. The Morgan fingerprint density at radius 2 is 2.07 bits per heavy atom. The molecular formula is C11H11Cl2F. The highest BCUT2D eigenvalue weighted by molar-refractivity contribution is 6.31. The van der Waals surface area contributed by atoms with Gasteiger partial charge >= 0.3 is 0 Å². The molecule has 1 aliphatic carbocycles. The van der Waals surface area contributed by atoms with Crippen molar-refractivity contribution in [3.8, 4) is 0 Å². The third-order valence-corrected chi connectivity index (χ3v) is 3.50. The third kappa shape index (κ3) is 1.89. The molecule has 1 aromatic carbocycles. The minimum Gasteiger partial charge on any atom is -0.207 e. The molecule has 0 spiro atoms. The van der Waals surface area contributed by atoms with E-state index >= 15 is 0 Å². The SMILES string of the molecule is Fc1cccc(Cl)c1C1CCC(Cl)C1. The molecule has 0 heterocycles. The van der Waals surface area contributed by atoms with Gasteiger partial charge in [0, 0.05) is 16.0 Å². The second-order valence-electron chi connectivity index (χ2n) is 3.74. The summed E-state index contributed by atoms with van der Waals surface area (Å²) in [7, 11) is 0. The second kappa shape index (κ2) is 4.08. The number of rotatable bonds is 1. The Kier molecular flexibility index (Phi) is 2.99. The molecule has 3 heteroatoms. The number of halogens is 3. The van der Waals surface area contributed by atoms with Gasteiger partial charge in [-0.05, 0) is 37.3 Å². The lowest BCUT2D eigenvalue weighted by Gasteiger charge is -2.12. The minimum atomic E-state index is -0.201. The molecule has 0 bridgehead atoms. The smallest absolute Gasteiger partial charge is 0.128 e. The lowest BCUT2D eigenvalue weighted by atomic mass is 9.97. The maximum atomic E-state index is 13.5. The average molecular weight is 233 g/mol. The van der Waals surface area contributed by atoms with Gasteiger partial charge in [-0.15, -0.1) is 11.6 Å². The molecular weight excluding hydrogens is 222 g/mol. The van der Waals surface area contributed by atoms with Gasteiger partial charge in [0.25, 0.3) is 0 Å². The van der Waals surface area contributed by atoms with Crippen LogP contribution in [0, 0.1) is 5.82 Å². The Hall–Kier alpha value is -0.270. The molecule has 0 saturated heterocycles. The van der Waals surface area contributed by atoms with Crippen LogP contribution in [0.15, 0.2) is 18.2 Å². The highest BCUT2D eigenvalue weighted by Crippen LogP contribution is 2.40. The van der Waals surface area contributed by atoms with Crippen molar-refractivity contribution in [2.45, 2.75) is 30.6 Å². The molecule has 2 atom stereocenters. The van der Waals surface area contributed by atoms with Crippen molar-refractivity contribution in [1.29, 1.82) is 0 Å². The standard InChI is InChI=1S/C11H11Cl2F/c12-8-5-4-7(6-8)11-9(13)2-1-3-10(11)14/h1-3,7-8H,4-6H2. The van der Waals surface area contributed by atoms with Crippen LogP contribution in [-0.4, -0.2) is 5.38 Å². The maximum Gasteiger partial charge on any atom is 0.128 e. The number of benzene rings is 1. The van der Waals surface area contributed by atoms with Crippen LogP contribution in [0.3, 0.4) is 0 Å². The molecule has 1 saturated carbocycles. The van der Waals surface area contributed by atoms with Gasteiger partial charge in [0.15, 0.2) is 0 Å². The summed E-state index contributed by atoms with van der Waals surface area (Å²) in [6, 6.07) is 4.83. The normalized spacial score (nSPS) is 26.8. The van der Waals surface area contributed by atoms with Crippen LogP contribution in [-0.2, 0) is 0 Å². The largest absolute Gasteiger partial charge is 0.207 e. The van der Waals surface area contributed by atoms with E-state index in [2.05, 4.69) is 0 Å². The quantitative estimate of drug-likeness (QED) is 0.632. The molecule has 0 nitrogen and oxygen atoms in total. The van der Waals surface area contributed by atoms with Crippen LogP contribution in [0.1, 0.15) is 30.7 Å². The Balaban J connectivity index is 2.31. The Morgan fingerprint density at radius 3 is 2.64 bits per heavy atom. The summed E-state index contributed by atoms with van der Waals surface area (Å²) in [5.41, 5.74) is 0.650. The lowest BCUT2D eigenvalue weighted by molar-refractivity contribution is 0.581. The number of hydrogen-bond acceptors (Lipinski definition) is 0. The summed E-state index contributed by atoms with van der Waals surface area (Å²) >= 11 is 12.0. The molecule has 1 aliphatic rings. The highest BCUT2D eigenvalue weighted by atomic mass is 35.5. The summed E-state index contributed by atoms with van der Waals surface area (Å²) in [5.74, 6) is -0.000494. The Bertz CT molecular complexity index is 318. The van der Waals surface area contributed by atoms with Gasteiger partial charge in [-0.2, -0.15) is 0 Å². The molecule has 0 aromatic heterocycles. The van der Waals surface area contributed by atoms with E-state index in [1.807, 2.05) is 0 Å². The topological polar surface area (TPSA) is 0 Å². The molecule has 0 radical (unpaired) electrons. The van der Waals surface area contributed by atoms with Gasteiger partial charge in [-0.3, -0.25) is 0 Å². The first-order valence-electron chi connectivity index (χ1n) is 4.76. The zero-order valence-electron chi connectivity index (χ0n) is 7.64. The maximum absolute atomic E-state index is 13.5. The Labute approximate surface area is 93.0 Å². The monoisotopic (exact) mass is 232 g/mol. The van der Waals surface area contributed by atoms with E-state index in [0.29, 0.717) is 10.6 Å². The lowest BCUT2D eigenvalue weighted by Crippen LogP contribution is -1.99. The third-order valence-electron chi connectivity index (χ3n) is 2.78. The van der Waals surface area contributed by atoms with Crippen molar-refractivity contribution in [3.63, 3.8) is 0 Å². The fourth-order valence-corrected chi connectivity index (χ4v) is 2.75. The van der Waals surface area contributed by atoms with E-state index in [0.717, 1.165) is 19.3 Å². The second-order valence-corrected chi connectivity index (χ2v) is 4.77. The minimum absolute atomic E-state index is 0.177. The van der Waals surface area contributed by atoms with Crippen molar-refractivity contribution < 1.29 is 4.39 Å². The van der Waals surface area contributed by atoms with Gasteiger partial charge in [0.1, 0.15) is 5.82 Å². The van der Waals surface area contributed by atoms with Crippen LogP contribution >= 0.6 is 23.2 Å². The van der Waals surface area contributed by atoms with E-state index in [9.17, 15) is 4.39 Å². The summed E-state index contributed by atoms with van der Waals surface area (Å²) in [6.45, 7) is 0. The molecule has 1 fully saturated rings. The zero-order valence-corrected chi connectivity index (χ0v) is 9.15. The summed E-state index contributed by atoms with van der Waals surface area (Å²) in [6.07, 6.45) is 2.73. The van der Waals surface area contributed by atoms with Crippen LogP contribution < -0.4 is 0 Å². The van der Waals surface area contributed by atoms with E-state index < -0.39 is 0 Å². The van der Waals surface area contributed by atoms with Gasteiger partial charge in [0.2, 0.25) is 0 Å². The van der Waals surface area contributed by atoms with Crippen molar-refractivity contribution in [3.05, 3.63) is 34.6 Å². The van der Waals surface area contributed by atoms with Crippen molar-refractivity contribution in [1.82, 2.24) is 0 Å². The van der Waals surface area contributed by atoms with Crippen molar-refractivity contribution >= 4 is 23.2 Å². The fraction of sp³-hybridized carbons (Fsp3) is 0.455. The summed E-state index contributed by atoms with van der Waals surface area (Å²) in [5, 5.41) is 0.705. The van der Waals surface area contributed by atoms with E-state index in [-0.39, 0.29) is 17.1 Å². The molecule has 2 unspecified atom stereocenters. The van der Waals surface area contributed by atoms with Gasteiger partial charge in [0.05, 0.1) is 0 Å². The molecule has 0 N–H and O–H groups in total. The van der Waals surface area contributed by atoms with Gasteiger partial charge in [-0.25, -0.2) is 4.39 Å². The van der Waals surface area contributed by atoms with Crippen LogP contribution in [0.2, 0.25) is 5.02 Å². The average Bonchev–Trinajstić information content (AvgIpc) is 2.51. The number of hydrogen-bond donors (Lipinski definition) is 0. The van der Waals surface area contributed by atoms with Crippen molar-refractivity contribution in [2.75, 3.05) is 0 Å². The van der Waals surface area contributed by atoms with E-state index in [1.165, 1.54) is 6.07 Å². The molecule has 76 valence electrons. The summed E-state index contributed by atoms with van der Waals surface area (Å²) < 4.78 is 13.5. The van der Waals surface area contributed by atoms with Gasteiger partial charge in [-0.1, -0.05) is 17.7 Å². The van der Waals surface area contributed by atoms with E-state index in [1.54, 1.807) is 12.1 Å². The van der Waals surface area contributed by atoms with Gasteiger partial charge < -0.3 is 0 Å². The first-order chi connectivity index (χ1) is 6.68. The molecule has 0 amide bonds. The first kappa shape index (κ1) is 10.3.